The summed E-state index contributed by atoms with van der Waals surface area (Å²) < 4.78 is 0. The summed E-state index contributed by atoms with van der Waals surface area (Å²) in [5, 5.41) is 17.4. The molecule has 0 saturated heterocycles. The number of rotatable bonds is 19. The SMILES string of the molecule is CCCCCCCCCCCCCCCC(=O)N[C@H](C(=O)N[C@@H](C)C(=O)NC)[C@@H](C)O. The highest BCUT2D eigenvalue weighted by Crippen LogP contribution is 2.13. The van der Waals surface area contributed by atoms with E-state index in [1.54, 1.807) is 6.92 Å². The summed E-state index contributed by atoms with van der Waals surface area (Å²) >= 11 is 0. The van der Waals surface area contributed by atoms with Crippen LogP contribution in [0.2, 0.25) is 0 Å². The summed E-state index contributed by atoms with van der Waals surface area (Å²) in [6, 6.07) is -1.81. The Hall–Kier alpha value is -1.63. The van der Waals surface area contributed by atoms with Crippen LogP contribution in [0.25, 0.3) is 0 Å². The number of carbonyl (C=O) groups excluding carboxylic acids is 3. The van der Waals surface area contributed by atoms with E-state index in [1.807, 2.05) is 0 Å². The highest BCUT2D eigenvalue weighted by atomic mass is 16.3. The molecule has 0 aliphatic heterocycles. The summed E-state index contributed by atoms with van der Waals surface area (Å²) in [6.45, 7) is 5.24. The van der Waals surface area contributed by atoms with Crippen molar-refractivity contribution in [3.63, 3.8) is 0 Å². The maximum Gasteiger partial charge on any atom is 0.245 e. The van der Waals surface area contributed by atoms with Crippen LogP contribution in [0.5, 0.6) is 0 Å². The van der Waals surface area contributed by atoms with Gasteiger partial charge in [0.2, 0.25) is 17.7 Å². The number of amides is 3. The standard InChI is InChI=1S/C24H47N3O4/c1-5-6-7-8-9-10-11-12-13-14-15-16-17-18-21(29)27-22(20(3)28)24(31)26-19(2)23(30)25-4/h19-20,22,28H,5-18H2,1-4H3,(H,25,30)(H,26,31)(H,27,29)/t19-,20+,22-/m0/s1. The Kier molecular flexibility index (Phi) is 18.1. The molecule has 0 spiro atoms. The lowest BCUT2D eigenvalue weighted by atomic mass is 10.0. The van der Waals surface area contributed by atoms with Crippen molar-refractivity contribution < 1.29 is 19.5 Å². The van der Waals surface area contributed by atoms with Gasteiger partial charge < -0.3 is 21.1 Å². The van der Waals surface area contributed by atoms with Gasteiger partial charge in [-0.3, -0.25) is 14.4 Å². The largest absolute Gasteiger partial charge is 0.391 e. The minimum Gasteiger partial charge on any atom is -0.391 e. The van der Waals surface area contributed by atoms with Gasteiger partial charge in [-0.15, -0.1) is 0 Å². The fourth-order valence-electron chi connectivity index (χ4n) is 3.54. The summed E-state index contributed by atoms with van der Waals surface area (Å²) in [5.74, 6) is -1.16. The lowest BCUT2D eigenvalue weighted by Crippen LogP contribution is -2.56. The smallest absolute Gasteiger partial charge is 0.245 e. The highest BCUT2D eigenvalue weighted by molar-refractivity contribution is 5.92. The molecule has 31 heavy (non-hydrogen) atoms. The number of nitrogens with one attached hydrogen (secondary N) is 3. The predicted octanol–water partition coefficient (Wildman–Crippen LogP) is 3.58. The van der Waals surface area contributed by atoms with Crippen LogP contribution in [0, 0.1) is 0 Å². The normalized spacial score (nSPS) is 13.8. The Morgan fingerprint density at radius 3 is 1.58 bits per heavy atom. The number of hydrogen-bond donors (Lipinski definition) is 4. The topological polar surface area (TPSA) is 108 Å². The van der Waals surface area contributed by atoms with E-state index in [4.69, 9.17) is 0 Å². The molecule has 0 aromatic rings. The second-order valence-electron chi connectivity index (χ2n) is 8.62. The number of aliphatic hydroxyl groups excluding tert-OH is 1. The van der Waals surface area contributed by atoms with Gasteiger partial charge in [-0.05, 0) is 20.3 Å². The van der Waals surface area contributed by atoms with E-state index in [1.165, 1.54) is 78.2 Å². The Balaban J connectivity index is 3.86. The molecule has 7 heteroatoms. The molecule has 0 rings (SSSR count). The molecule has 0 bridgehead atoms. The summed E-state index contributed by atoms with van der Waals surface area (Å²) in [6.07, 6.45) is 15.4. The minimum absolute atomic E-state index is 0.253. The second kappa shape index (κ2) is 19.1. The van der Waals surface area contributed by atoms with Crippen LogP contribution in [0.4, 0.5) is 0 Å². The van der Waals surface area contributed by atoms with Gasteiger partial charge in [0.05, 0.1) is 6.10 Å². The molecule has 0 fully saturated rings. The molecule has 7 nitrogen and oxygen atoms in total. The van der Waals surface area contributed by atoms with Gasteiger partial charge in [0.25, 0.3) is 0 Å². The van der Waals surface area contributed by atoms with Crippen molar-refractivity contribution in [2.45, 2.75) is 129 Å². The summed E-state index contributed by atoms with van der Waals surface area (Å²) in [4.78, 5) is 36.0. The zero-order valence-electron chi connectivity index (χ0n) is 20.3. The molecule has 0 unspecified atom stereocenters. The lowest BCUT2D eigenvalue weighted by Gasteiger charge is -2.22. The molecule has 0 aliphatic carbocycles. The van der Waals surface area contributed by atoms with Crippen LogP contribution >= 0.6 is 0 Å². The van der Waals surface area contributed by atoms with Gasteiger partial charge in [-0.2, -0.15) is 0 Å². The van der Waals surface area contributed by atoms with Crippen LogP contribution < -0.4 is 16.0 Å². The quantitative estimate of drug-likeness (QED) is 0.230. The molecule has 0 aromatic carbocycles. The molecule has 0 heterocycles. The number of aliphatic hydroxyl groups is 1. The first-order valence-corrected chi connectivity index (χ1v) is 12.3. The van der Waals surface area contributed by atoms with Crippen molar-refractivity contribution in [2.75, 3.05) is 7.05 Å². The van der Waals surface area contributed by atoms with E-state index in [9.17, 15) is 19.5 Å². The Labute approximate surface area is 189 Å². The van der Waals surface area contributed by atoms with Crippen LogP contribution in [0.3, 0.4) is 0 Å². The Morgan fingerprint density at radius 1 is 0.710 bits per heavy atom. The number of hydrogen-bond acceptors (Lipinski definition) is 4. The zero-order valence-corrected chi connectivity index (χ0v) is 20.3. The molecule has 4 N–H and O–H groups in total. The first-order chi connectivity index (χ1) is 14.8. The van der Waals surface area contributed by atoms with Crippen LogP contribution in [0.15, 0.2) is 0 Å². The van der Waals surface area contributed by atoms with Gasteiger partial charge in [0.1, 0.15) is 12.1 Å². The van der Waals surface area contributed by atoms with Crippen molar-refractivity contribution in [1.82, 2.24) is 16.0 Å². The predicted molar refractivity (Wildman–Crippen MR) is 126 cm³/mol. The average Bonchev–Trinajstić information content (AvgIpc) is 2.74. The molecule has 182 valence electrons. The monoisotopic (exact) mass is 441 g/mol. The molecular formula is C24H47N3O4. The number of carbonyl (C=O) groups is 3. The van der Waals surface area contributed by atoms with Crippen LogP contribution in [0.1, 0.15) is 111 Å². The van der Waals surface area contributed by atoms with Crippen LogP contribution in [-0.2, 0) is 14.4 Å². The molecule has 3 amide bonds. The molecule has 0 aromatic heterocycles. The molecule has 0 saturated carbocycles. The van der Waals surface area contributed by atoms with Crippen molar-refractivity contribution in [3.8, 4) is 0 Å². The fourth-order valence-corrected chi connectivity index (χ4v) is 3.54. The third-order valence-electron chi connectivity index (χ3n) is 5.59. The van der Waals surface area contributed by atoms with E-state index in [-0.39, 0.29) is 11.8 Å². The Bertz CT molecular complexity index is 497. The number of likely N-dealkylation sites (N-methyl/N-ethyl adjacent to an activating group) is 1. The fraction of sp³-hybridized carbons (Fsp3) is 0.875. The summed E-state index contributed by atoms with van der Waals surface area (Å²) in [5.41, 5.74) is 0. The van der Waals surface area contributed by atoms with Gasteiger partial charge in [0, 0.05) is 13.5 Å². The Morgan fingerprint density at radius 2 is 1.16 bits per heavy atom. The maximum atomic E-state index is 12.3. The number of unbranched alkanes of at least 4 members (excludes halogenated alkanes) is 12. The first-order valence-electron chi connectivity index (χ1n) is 12.3. The van der Waals surface area contributed by atoms with Gasteiger partial charge >= 0.3 is 0 Å². The molecule has 0 aliphatic rings. The summed E-state index contributed by atoms with van der Waals surface area (Å²) in [7, 11) is 1.48. The average molecular weight is 442 g/mol. The van der Waals surface area contributed by atoms with E-state index < -0.39 is 24.1 Å². The van der Waals surface area contributed by atoms with E-state index in [0.29, 0.717) is 6.42 Å². The third-order valence-corrected chi connectivity index (χ3v) is 5.59. The second-order valence-corrected chi connectivity index (χ2v) is 8.62. The third kappa shape index (κ3) is 15.8. The van der Waals surface area contributed by atoms with Gasteiger partial charge in [-0.1, -0.05) is 84.0 Å². The van der Waals surface area contributed by atoms with E-state index in [0.717, 1.165) is 19.3 Å². The van der Waals surface area contributed by atoms with Crippen molar-refractivity contribution in [1.29, 1.82) is 0 Å². The first kappa shape index (κ1) is 29.4. The zero-order chi connectivity index (χ0) is 23.5. The molecule has 3 atom stereocenters. The van der Waals surface area contributed by atoms with Crippen molar-refractivity contribution >= 4 is 17.7 Å². The van der Waals surface area contributed by atoms with Crippen molar-refractivity contribution in [3.05, 3.63) is 0 Å². The highest BCUT2D eigenvalue weighted by Gasteiger charge is 2.27. The molecular weight excluding hydrogens is 394 g/mol. The van der Waals surface area contributed by atoms with E-state index >= 15 is 0 Å². The van der Waals surface area contributed by atoms with Crippen LogP contribution in [-0.4, -0.2) is 48.1 Å². The minimum atomic E-state index is -1.07. The maximum absolute atomic E-state index is 12.3. The van der Waals surface area contributed by atoms with Crippen molar-refractivity contribution in [2.24, 2.45) is 0 Å². The lowest BCUT2D eigenvalue weighted by molar-refractivity contribution is -0.134. The van der Waals surface area contributed by atoms with E-state index in [2.05, 4.69) is 22.9 Å². The van der Waals surface area contributed by atoms with Gasteiger partial charge in [0.15, 0.2) is 0 Å². The molecule has 0 radical (unpaired) electrons. The van der Waals surface area contributed by atoms with Gasteiger partial charge in [-0.25, -0.2) is 0 Å².